The van der Waals surface area contributed by atoms with Gasteiger partial charge in [-0.05, 0) is 38.1 Å². The summed E-state index contributed by atoms with van der Waals surface area (Å²) >= 11 is 0. The van der Waals surface area contributed by atoms with Gasteiger partial charge in [-0.25, -0.2) is 0 Å². The van der Waals surface area contributed by atoms with Crippen LogP contribution in [0.2, 0.25) is 0 Å². The number of aliphatic hydroxyl groups is 1. The normalized spacial score (nSPS) is 24.2. The molecule has 2 unspecified atom stereocenters. The quantitative estimate of drug-likeness (QED) is 0.658. The third-order valence-electron chi connectivity index (χ3n) is 5.02. The molecule has 0 heterocycles. The maximum absolute atomic E-state index is 12.3. The van der Waals surface area contributed by atoms with Crippen LogP contribution in [0.4, 0.5) is 0 Å². The maximum Gasteiger partial charge on any atom is 0.223 e. The first kappa shape index (κ1) is 16.4. The molecule has 2 atom stereocenters. The largest absolute Gasteiger partial charge is 0.396 e. The highest BCUT2D eigenvalue weighted by atomic mass is 16.3. The number of nitrogens with two attached hydrogens (primary N) is 1. The fourth-order valence-electron chi connectivity index (χ4n) is 3.02. The summed E-state index contributed by atoms with van der Waals surface area (Å²) < 4.78 is 0. The lowest BCUT2D eigenvalue weighted by Gasteiger charge is -2.33. The van der Waals surface area contributed by atoms with E-state index in [0.29, 0.717) is 19.0 Å². The summed E-state index contributed by atoms with van der Waals surface area (Å²) in [5, 5.41) is 12.6. The predicted octanol–water partition coefficient (Wildman–Crippen LogP) is 1.67. The molecule has 0 aliphatic heterocycles. The fourth-order valence-corrected chi connectivity index (χ4v) is 3.02. The van der Waals surface area contributed by atoms with Crippen LogP contribution in [0.1, 0.15) is 52.4 Å². The number of rotatable bonds is 7. The van der Waals surface area contributed by atoms with Gasteiger partial charge in [-0.1, -0.05) is 26.7 Å². The first-order valence-corrected chi connectivity index (χ1v) is 7.71. The van der Waals surface area contributed by atoms with Crippen molar-refractivity contribution in [3.05, 3.63) is 0 Å². The molecule has 112 valence electrons. The van der Waals surface area contributed by atoms with E-state index < -0.39 is 0 Å². The highest BCUT2D eigenvalue weighted by Gasteiger charge is 2.32. The Labute approximate surface area is 117 Å². The number of carbonyl (C=O) groups is 1. The van der Waals surface area contributed by atoms with Gasteiger partial charge >= 0.3 is 0 Å². The molecule has 1 rings (SSSR count). The number of aliphatic hydroxyl groups excluding tert-OH is 1. The molecule has 0 spiro atoms. The monoisotopic (exact) mass is 270 g/mol. The topological polar surface area (TPSA) is 75.3 Å². The summed E-state index contributed by atoms with van der Waals surface area (Å²) in [6.07, 6.45) is 6.10. The van der Waals surface area contributed by atoms with Crippen molar-refractivity contribution >= 4 is 5.91 Å². The third kappa shape index (κ3) is 4.18. The third-order valence-corrected chi connectivity index (χ3v) is 5.02. The Hall–Kier alpha value is -0.610. The number of amides is 1. The van der Waals surface area contributed by atoms with E-state index >= 15 is 0 Å². The molecule has 0 bridgehead atoms. The van der Waals surface area contributed by atoms with Crippen molar-refractivity contribution in [3.63, 3.8) is 0 Å². The standard InChI is InChI=1S/C15H30N2O2/c1-3-15(4-2,11-18)10-17-14(19)13-8-6-5-7-12(13)9-16/h12-13,18H,3-11,16H2,1-2H3,(H,17,19). The van der Waals surface area contributed by atoms with Crippen LogP contribution in [0.25, 0.3) is 0 Å². The first-order valence-electron chi connectivity index (χ1n) is 7.71. The number of carbonyl (C=O) groups excluding carboxylic acids is 1. The maximum atomic E-state index is 12.3. The summed E-state index contributed by atoms with van der Waals surface area (Å²) in [5.74, 6) is 0.541. The minimum Gasteiger partial charge on any atom is -0.396 e. The molecule has 4 nitrogen and oxygen atoms in total. The fraction of sp³-hybridized carbons (Fsp3) is 0.933. The van der Waals surface area contributed by atoms with Crippen LogP contribution in [0.3, 0.4) is 0 Å². The van der Waals surface area contributed by atoms with Gasteiger partial charge in [-0.15, -0.1) is 0 Å². The molecular weight excluding hydrogens is 240 g/mol. The molecule has 1 amide bonds. The smallest absolute Gasteiger partial charge is 0.223 e. The molecule has 0 aromatic rings. The SMILES string of the molecule is CCC(CC)(CO)CNC(=O)C1CCCCC1CN. The molecule has 4 N–H and O–H groups in total. The Morgan fingerprint density at radius 1 is 1.32 bits per heavy atom. The number of hydrogen-bond donors (Lipinski definition) is 3. The molecule has 1 aliphatic carbocycles. The first-order chi connectivity index (χ1) is 9.12. The van der Waals surface area contributed by atoms with Gasteiger partial charge in [0.05, 0.1) is 6.61 Å². The van der Waals surface area contributed by atoms with E-state index in [1.54, 1.807) is 0 Å². The van der Waals surface area contributed by atoms with E-state index in [1.807, 2.05) is 0 Å². The van der Waals surface area contributed by atoms with Crippen molar-refractivity contribution in [1.29, 1.82) is 0 Å². The average molecular weight is 270 g/mol. The van der Waals surface area contributed by atoms with Gasteiger partial charge in [-0.2, -0.15) is 0 Å². The number of hydrogen-bond acceptors (Lipinski definition) is 3. The van der Waals surface area contributed by atoms with E-state index in [4.69, 9.17) is 5.73 Å². The minimum absolute atomic E-state index is 0.0730. The highest BCUT2D eigenvalue weighted by molar-refractivity contribution is 5.79. The van der Waals surface area contributed by atoms with Gasteiger partial charge in [-0.3, -0.25) is 4.79 Å². The van der Waals surface area contributed by atoms with Gasteiger partial charge in [0.25, 0.3) is 0 Å². The van der Waals surface area contributed by atoms with Crippen molar-refractivity contribution in [2.75, 3.05) is 19.7 Å². The highest BCUT2D eigenvalue weighted by Crippen LogP contribution is 2.30. The van der Waals surface area contributed by atoms with Crippen LogP contribution in [0, 0.1) is 17.3 Å². The molecule has 0 aromatic carbocycles. The minimum atomic E-state index is -0.164. The van der Waals surface area contributed by atoms with Gasteiger partial charge in [0.2, 0.25) is 5.91 Å². The second-order valence-corrected chi connectivity index (χ2v) is 5.97. The zero-order valence-corrected chi connectivity index (χ0v) is 12.5. The Balaban J connectivity index is 2.53. The lowest BCUT2D eigenvalue weighted by molar-refractivity contribution is -0.128. The van der Waals surface area contributed by atoms with Crippen molar-refractivity contribution < 1.29 is 9.90 Å². The van der Waals surface area contributed by atoms with Gasteiger partial charge in [0.15, 0.2) is 0 Å². The zero-order chi connectivity index (χ0) is 14.3. The van der Waals surface area contributed by atoms with Crippen molar-refractivity contribution in [1.82, 2.24) is 5.32 Å². The summed E-state index contributed by atoms with van der Waals surface area (Å²) in [6, 6.07) is 0. The average Bonchev–Trinajstić information content (AvgIpc) is 2.49. The summed E-state index contributed by atoms with van der Waals surface area (Å²) in [5.41, 5.74) is 5.61. The van der Waals surface area contributed by atoms with Gasteiger partial charge in [0, 0.05) is 17.9 Å². The van der Waals surface area contributed by atoms with E-state index in [-0.39, 0.29) is 23.8 Å². The molecule has 0 aromatic heterocycles. The van der Waals surface area contributed by atoms with Crippen LogP contribution < -0.4 is 11.1 Å². The molecular formula is C15H30N2O2. The van der Waals surface area contributed by atoms with Crippen molar-refractivity contribution in [2.45, 2.75) is 52.4 Å². The van der Waals surface area contributed by atoms with E-state index in [0.717, 1.165) is 32.1 Å². The van der Waals surface area contributed by atoms with E-state index in [2.05, 4.69) is 19.2 Å². The van der Waals surface area contributed by atoms with E-state index in [9.17, 15) is 9.90 Å². The number of nitrogens with one attached hydrogen (secondary N) is 1. The molecule has 19 heavy (non-hydrogen) atoms. The Morgan fingerprint density at radius 3 is 2.47 bits per heavy atom. The molecule has 0 saturated heterocycles. The second kappa shape index (κ2) is 7.85. The Bertz CT molecular complexity index is 269. The Morgan fingerprint density at radius 2 is 1.95 bits per heavy atom. The zero-order valence-electron chi connectivity index (χ0n) is 12.5. The lowest BCUT2D eigenvalue weighted by atomic mass is 9.78. The summed E-state index contributed by atoms with van der Waals surface area (Å²) in [4.78, 5) is 12.3. The molecule has 1 aliphatic rings. The molecule has 1 saturated carbocycles. The summed E-state index contributed by atoms with van der Waals surface area (Å²) in [7, 11) is 0. The van der Waals surface area contributed by atoms with Crippen molar-refractivity contribution in [2.24, 2.45) is 23.0 Å². The second-order valence-electron chi connectivity index (χ2n) is 5.97. The molecule has 4 heteroatoms. The van der Waals surface area contributed by atoms with Crippen molar-refractivity contribution in [3.8, 4) is 0 Å². The lowest BCUT2D eigenvalue weighted by Crippen LogP contribution is -2.45. The van der Waals surface area contributed by atoms with E-state index in [1.165, 1.54) is 6.42 Å². The van der Waals surface area contributed by atoms with Crippen LogP contribution in [-0.4, -0.2) is 30.7 Å². The molecule has 1 fully saturated rings. The Kier molecular flexibility index (Phi) is 6.80. The predicted molar refractivity (Wildman–Crippen MR) is 77.6 cm³/mol. The summed E-state index contributed by atoms with van der Waals surface area (Å²) in [6.45, 7) is 5.43. The van der Waals surface area contributed by atoms with Crippen LogP contribution in [0.15, 0.2) is 0 Å². The molecule has 0 radical (unpaired) electrons. The van der Waals surface area contributed by atoms with Gasteiger partial charge < -0.3 is 16.2 Å². The van der Waals surface area contributed by atoms with Crippen LogP contribution >= 0.6 is 0 Å². The van der Waals surface area contributed by atoms with Gasteiger partial charge in [0.1, 0.15) is 0 Å². The van der Waals surface area contributed by atoms with Crippen LogP contribution in [-0.2, 0) is 4.79 Å². The van der Waals surface area contributed by atoms with Crippen LogP contribution in [0.5, 0.6) is 0 Å².